The molecule has 0 aliphatic carbocycles. The van der Waals surface area contributed by atoms with Crippen LogP contribution in [-0.4, -0.2) is 17.0 Å². The van der Waals surface area contributed by atoms with Crippen LogP contribution in [0.2, 0.25) is 0 Å². The highest BCUT2D eigenvalue weighted by atomic mass is 31.2. The van der Waals surface area contributed by atoms with E-state index in [9.17, 15) is 4.57 Å². The lowest BCUT2D eigenvalue weighted by Crippen LogP contribution is -2.16. The molecule has 3 aliphatic rings. The van der Waals surface area contributed by atoms with Gasteiger partial charge in [0.05, 0.1) is 7.14 Å². The Bertz CT molecular complexity index is 211. The van der Waals surface area contributed by atoms with Crippen molar-refractivity contribution < 1.29 is 4.57 Å². The van der Waals surface area contributed by atoms with Crippen LogP contribution in [0.3, 0.4) is 0 Å². The van der Waals surface area contributed by atoms with Gasteiger partial charge in [0.25, 0.3) is 0 Å². The maximum absolute atomic E-state index is 11.9. The Morgan fingerprint density at radius 1 is 1.10 bits per heavy atom. The molecule has 56 valence electrons. The summed E-state index contributed by atoms with van der Waals surface area (Å²) in [5.74, 6) is 0. The minimum absolute atomic E-state index is 0.713. The highest BCUT2D eigenvalue weighted by Gasteiger charge is 2.72. The van der Waals surface area contributed by atoms with E-state index in [1.54, 1.807) is 0 Å². The molecule has 3 saturated heterocycles. The van der Waals surface area contributed by atoms with Crippen molar-refractivity contribution in [3.63, 3.8) is 0 Å². The van der Waals surface area contributed by atoms with Crippen molar-refractivity contribution in [2.24, 2.45) is 0 Å². The van der Waals surface area contributed by atoms with Crippen molar-refractivity contribution in [2.75, 3.05) is 0 Å². The summed E-state index contributed by atoms with van der Waals surface area (Å²) in [5.41, 5.74) is 2.20. The third kappa shape index (κ3) is 0.441. The molecule has 0 aromatic carbocycles. The molecule has 0 aromatic heterocycles. The second-order valence-corrected chi connectivity index (χ2v) is 7.66. The van der Waals surface area contributed by atoms with E-state index in [2.05, 4.69) is 0 Å². The average molecular weight is 156 g/mol. The molecule has 0 saturated carbocycles. The molecular formula is C8H13OP. The van der Waals surface area contributed by atoms with Gasteiger partial charge in [0.15, 0.2) is 0 Å². The molecule has 10 heavy (non-hydrogen) atoms. The molecule has 0 bridgehead atoms. The molecule has 0 N–H and O–H groups in total. The van der Waals surface area contributed by atoms with Gasteiger partial charge in [-0.15, -0.1) is 0 Å². The van der Waals surface area contributed by atoms with E-state index in [4.69, 9.17) is 0 Å². The van der Waals surface area contributed by atoms with Crippen LogP contribution in [0.5, 0.6) is 0 Å². The van der Waals surface area contributed by atoms with E-state index >= 15 is 0 Å². The van der Waals surface area contributed by atoms with Crippen LogP contribution in [0.1, 0.15) is 32.1 Å². The van der Waals surface area contributed by atoms with Crippen LogP contribution < -0.4 is 0 Å². The molecule has 0 amide bonds. The summed E-state index contributed by atoms with van der Waals surface area (Å²) in [6.45, 7) is 0. The zero-order valence-corrected chi connectivity index (χ0v) is 7.02. The Balaban J connectivity index is 1.97. The van der Waals surface area contributed by atoms with E-state index in [0.29, 0.717) is 5.66 Å². The first-order valence-corrected chi connectivity index (χ1v) is 6.34. The third-order valence-electron chi connectivity index (χ3n) is 3.76. The molecule has 0 radical (unpaired) electrons. The maximum atomic E-state index is 11.9. The average Bonchev–Trinajstić information content (AvgIpc) is 2.29. The molecule has 1 nitrogen and oxygen atoms in total. The summed E-state index contributed by atoms with van der Waals surface area (Å²) in [6.07, 6.45) is 6.66. The fourth-order valence-electron chi connectivity index (χ4n) is 3.09. The molecule has 0 spiro atoms. The Kier molecular flexibility index (Phi) is 0.890. The number of fused-ring (bicyclic) bond motifs is 1. The van der Waals surface area contributed by atoms with Crippen LogP contribution >= 0.6 is 7.14 Å². The molecule has 4 unspecified atom stereocenters. The van der Waals surface area contributed by atoms with Gasteiger partial charge in [-0.25, -0.2) is 0 Å². The summed E-state index contributed by atoms with van der Waals surface area (Å²) in [4.78, 5) is 0. The van der Waals surface area contributed by atoms with E-state index < -0.39 is 7.14 Å². The fourth-order valence-corrected chi connectivity index (χ4v) is 7.69. The van der Waals surface area contributed by atoms with Crippen molar-refractivity contribution in [1.29, 1.82) is 0 Å². The molecule has 3 rings (SSSR count). The topological polar surface area (TPSA) is 17.1 Å². The Morgan fingerprint density at radius 2 is 1.90 bits per heavy atom. The zero-order chi connectivity index (χ0) is 6.77. The fraction of sp³-hybridized carbons (Fsp3) is 1.00. The Labute approximate surface area is 61.6 Å². The van der Waals surface area contributed by atoms with Crippen LogP contribution in [-0.2, 0) is 4.57 Å². The monoisotopic (exact) mass is 156 g/mol. The molecule has 3 aliphatic heterocycles. The van der Waals surface area contributed by atoms with Gasteiger partial charge < -0.3 is 4.57 Å². The van der Waals surface area contributed by atoms with Gasteiger partial charge in [0, 0.05) is 17.0 Å². The van der Waals surface area contributed by atoms with Gasteiger partial charge in [0.2, 0.25) is 0 Å². The summed E-state index contributed by atoms with van der Waals surface area (Å²) in [7, 11) is -1.46. The van der Waals surface area contributed by atoms with Crippen LogP contribution in [0.25, 0.3) is 0 Å². The maximum Gasteiger partial charge on any atom is 0.0980 e. The first-order valence-electron chi connectivity index (χ1n) is 4.42. The predicted molar refractivity (Wildman–Crippen MR) is 42.1 cm³/mol. The molecule has 3 fully saturated rings. The minimum atomic E-state index is -1.46. The summed E-state index contributed by atoms with van der Waals surface area (Å²) >= 11 is 0. The molecule has 2 heteroatoms. The molecular weight excluding hydrogens is 143 g/mol. The largest absolute Gasteiger partial charge is 0.323 e. The number of rotatable bonds is 0. The number of hydrogen-bond acceptors (Lipinski definition) is 1. The lowest BCUT2D eigenvalue weighted by atomic mass is 10.0. The van der Waals surface area contributed by atoms with Gasteiger partial charge in [-0.05, 0) is 19.3 Å². The van der Waals surface area contributed by atoms with Crippen LogP contribution in [0.4, 0.5) is 0 Å². The lowest BCUT2D eigenvalue weighted by Gasteiger charge is -2.23. The van der Waals surface area contributed by atoms with E-state index in [1.807, 2.05) is 0 Å². The van der Waals surface area contributed by atoms with Crippen molar-refractivity contribution in [3.8, 4) is 0 Å². The second kappa shape index (κ2) is 1.53. The zero-order valence-electron chi connectivity index (χ0n) is 6.12. The standard InChI is InChI=1S/C8H13OP/c9-10-6-3-1-2-4-7(10)8(10)5-6/h6-8H,1-5H2. The first-order chi connectivity index (χ1) is 4.83. The minimum Gasteiger partial charge on any atom is -0.323 e. The highest BCUT2D eigenvalue weighted by Crippen LogP contribution is 2.89. The van der Waals surface area contributed by atoms with Gasteiger partial charge in [-0.1, -0.05) is 12.8 Å². The summed E-state index contributed by atoms with van der Waals surface area (Å²) in [5, 5.41) is 0. The van der Waals surface area contributed by atoms with Gasteiger partial charge in [0.1, 0.15) is 0 Å². The van der Waals surface area contributed by atoms with Crippen molar-refractivity contribution in [2.45, 2.75) is 49.1 Å². The summed E-state index contributed by atoms with van der Waals surface area (Å²) in [6, 6.07) is 0. The lowest BCUT2D eigenvalue weighted by molar-refractivity contribution is 0.521. The van der Waals surface area contributed by atoms with Gasteiger partial charge in [-0.3, -0.25) is 0 Å². The van der Waals surface area contributed by atoms with Crippen molar-refractivity contribution >= 4 is 7.14 Å². The molecule has 3 heterocycles. The second-order valence-electron chi connectivity index (χ2n) is 4.07. The van der Waals surface area contributed by atoms with E-state index in [-0.39, 0.29) is 0 Å². The van der Waals surface area contributed by atoms with Crippen LogP contribution in [0, 0.1) is 0 Å². The van der Waals surface area contributed by atoms with E-state index in [1.165, 1.54) is 32.1 Å². The Morgan fingerprint density at radius 3 is 2.80 bits per heavy atom. The molecule has 0 aromatic rings. The molecule has 4 atom stereocenters. The highest BCUT2D eigenvalue weighted by molar-refractivity contribution is 7.75. The van der Waals surface area contributed by atoms with Gasteiger partial charge in [-0.2, -0.15) is 0 Å². The summed E-state index contributed by atoms with van der Waals surface area (Å²) < 4.78 is 11.9. The van der Waals surface area contributed by atoms with Crippen molar-refractivity contribution in [1.82, 2.24) is 0 Å². The predicted octanol–water partition coefficient (Wildman–Crippen LogP) is 2.45. The van der Waals surface area contributed by atoms with Crippen LogP contribution in [0.15, 0.2) is 0 Å². The Hall–Kier alpha value is 0.230. The first kappa shape index (κ1) is 5.83. The van der Waals surface area contributed by atoms with Gasteiger partial charge >= 0.3 is 0 Å². The third-order valence-corrected chi connectivity index (χ3v) is 8.29. The number of hydrogen-bond donors (Lipinski definition) is 0. The normalized spacial score (nSPS) is 63.8. The van der Waals surface area contributed by atoms with E-state index in [0.717, 1.165) is 11.3 Å². The van der Waals surface area contributed by atoms with Crippen molar-refractivity contribution in [3.05, 3.63) is 0 Å². The quantitative estimate of drug-likeness (QED) is 0.492. The smallest absolute Gasteiger partial charge is 0.0980 e. The SMILES string of the molecule is O=P12C3CCCCC1C2C3.